The van der Waals surface area contributed by atoms with Gasteiger partial charge in [-0.2, -0.15) is 0 Å². The number of amides is 1. The van der Waals surface area contributed by atoms with Crippen molar-refractivity contribution in [3.63, 3.8) is 0 Å². The number of piperidine rings is 1. The molecule has 1 amide bonds. The molecule has 2 aromatic rings. The number of hydrogen-bond acceptors (Lipinski definition) is 4. The average Bonchev–Trinajstić information content (AvgIpc) is 2.62. The van der Waals surface area contributed by atoms with Gasteiger partial charge in [-0.1, -0.05) is 12.1 Å². The van der Waals surface area contributed by atoms with Crippen LogP contribution in [0.3, 0.4) is 0 Å². The molecule has 25 heavy (non-hydrogen) atoms. The number of likely N-dealkylation sites (tertiary alicyclic amines) is 1. The minimum Gasteiger partial charge on any atom is -0.366 e. The summed E-state index contributed by atoms with van der Waals surface area (Å²) in [5, 5.41) is 5.55. The summed E-state index contributed by atoms with van der Waals surface area (Å²) in [6.07, 6.45) is 7.55. The van der Waals surface area contributed by atoms with Crippen LogP contribution in [0.4, 0.5) is 5.69 Å². The highest BCUT2D eigenvalue weighted by Crippen LogP contribution is 2.35. The number of carbonyl (C=O) groups is 1. The van der Waals surface area contributed by atoms with Crippen molar-refractivity contribution in [1.29, 1.82) is 0 Å². The zero-order valence-electron chi connectivity index (χ0n) is 14.9. The molecular formula is C20H26N4O. The molecule has 2 aliphatic rings. The van der Waals surface area contributed by atoms with E-state index in [0.717, 1.165) is 39.1 Å². The Hall–Kier alpha value is -2.14. The lowest BCUT2D eigenvalue weighted by atomic mass is 9.95. The molecule has 1 aromatic heterocycles. The molecule has 0 spiro atoms. The van der Waals surface area contributed by atoms with Gasteiger partial charge in [0, 0.05) is 68.0 Å². The second-order valence-corrected chi connectivity index (χ2v) is 7.20. The van der Waals surface area contributed by atoms with Gasteiger partial charge in [-0.3, -0.25) is 14.7 Å². The molecule has 0 aliphatic carbocycles. The van der Waals surface area contributed by atoms with E-state index in [-0.39, 0.29) is 5.91 Å². The predicted octanol–water partition coefficient (Wildman–Crippen LogP) is 2.20. The standard InChI is InChI=1S/C20H26N4O/c1-15(25)22-8-11-23-9-3-5-18(14-23)24-10-7-17-13-21-12-16-4-2-6-19(24)20(16)17/h2,4,6,12-13,18H,3,5,7-11,14H2,1H3,(H,22,25). The summed E-state index contributed by atoms with van der Waals surface area (Å²) in [4.78, 5) is 20.6. The summed E-state index contributed by atoms with van der Waals surface area (Å²) < 4.78 is 0. The third-order valence-electron chi connectivity index (χ3n) is 5.49. The van der Waals surface area contributed by atoms with E-state index in [0.29, 0.717) is 6.04 Å². The lowest BCUT2D eigenvalue weighted by Gasteiger charge is -2.43. The number of aromatic nitrogens is 1. The SMILES string of the molecule is CC(=O)NCCN1CCCC(N2CCc3cncc4cccc2c34)C1. The summed E-state index contributed by atoms with van der Waals surface area (Å²) in [6, 6.07) is 7.14. The molecule has 0 saturated carbocycles. The topological polar surface area (TPSA) is 48.5 Å². The normalized spacial score (nSPS) is 20.7. The minimum atomic E-state index is 0.0569. The summed E-state index contributed by atoms with van der Waals surface area (Å²) in [5.41, 5.74) is 2.75. The molecule has 1 fully saturated rings. The highest BCUT2D eigenvalue weighted by molar-refractivity contribution is 5.97. The van der Waals surface area contributed by atoms with Gasteiger partial charge in [0.1, 0.15) is 0 Å². The Labute approximate surface area is 149 Å². The third-order valence-corrected chi connectivity index (χ3v) is 5.49. The van der Waals surface area contributed by atoms with Crippen LogP contribution in [0.5, 0.6) is 0 Å². The van der Waals surface area contributed by atoms with Crippen molar-refractivity contribution in [2.24, 2.45) is 0 Å². The fraction of sp³-hybridized carbons (Fsp3) is 0.500. The zero-order valence-corrected chi connectivity index (χ0v) is 14.9. The van der Waals surface area contributed by atoms with Crippen LogP contribution in [-0.2, 0) is 11.2 Å². The van der Waals surface area contributed by atoms with Crippen LogP contribution in [0, 0.1) is 0 Å². The van der Waals surface area contributed by atoms with Crippen LogP contribution in [-0.4, -0.2) is 54.6 Å². The Balaban J connectivity index is 1.52. The van der Waals surface area contributed by atoms with E-state index in [2.05, 4.69) is 38.3 Å². The van der Waals surface area contributed by atoms with Crippen molar-refractivity contribution in [3.05, 3.63) is 36.2 Å². The Bertz CT molecular complexity index is 770. The Morgan fingerprint density at radius 3 is 3.12 bits per heavy atom. The molecule has 1 atom stereocenters. The monoisotopic (exact) mass is 338 g/mol. The maximum absolute atomic E-state index is 11.1. The van der Waals surface area contributed by atoms with E-state index >= 15 is 0 Å². The second-order valence-electron chi connectivity index (χ2n) is 7.20. The number of benzene rings is 1. The van der Waals surface area contributed by atoms with Gasteiger partial charge in [0.2, 0.25) is 5.91 Å². The summed E-state index contributed by atoms with van der Waals surface area (Å²) in [5.74, 6) is 0.0569. The van der Waals surface area contributed by atoms with Crippen LogP contribution < -0.4 is 10.2 Å². The number of nitrogens with zero attached hydrogens (tertiary/aromatic N) is 3. The first-order valence-electron chi connectivity index (χ1n) is 9.31. The molecule has 0 radical (unpaired) electrons. The largest absolute Gasteiger partial charge is 0.366 e. The Morgan fingerprint density at radius 1 is 1.32 bits per heavy atom. The Kier molecular flexibility index (Phi) is 4.57. The zero-order chi connectivity index (χ0) is 17.2. The fourth-order valence-electron chi connectivity index (χ4n) is 4.34. The van der Waals surface area contributed by atoms with Crippen LogP contribution in [0.15, 0.2) is 30.6 Å². The molecule has 1 unspecified atom stereocenters. The first-order valence-corrected chi connectivity index (χ1v) is 9.31. The molecule has 5 nitrogen and oxygen atoms in total. The quantitative estimate of drug-likeness (QED) is 0.928. The molecule has 4 rings (SSSR count). The number of pyridine rings is 1. The smallest absolute Gasteiger partial charge is 0.216 e. The second kappa shape index (κ2) is 7.00. The van der Waals surface area contributed by atoms with Crippen LogP contribution in [0.1, 0.15) is 25.3 Å². The van der Waals surface area contributed by atoms with Crippen molar-refractivity contribution >= 4 is 22.4 Å². The van der Waals surface area contributed by atoms with Gasteiger partial charge in [0.25, 0.3) is 0 Å². The lowest BCUT2D eigenvalue weighted by Crippen LogP contribution is -2.50. The number of rotatable bonds is 4. The molecule has 5 heteroatoms. The first-order chi connectivity index (χ1) is 12.2. The van der Waals surface area contributed by atoms with E-state index < -0.39 is 0 Å². The van der Waals surface area contributed by atoms with Crippen LogP contribution in [0.2, 0.25) is 0 Å². The summed E-state index contributed by atoms with van der Waals surface area (Å²) in [7, 11) is 0. The van der Waals surface area contributed by atoms with E-state index in [4.69, 9.17) is 0 Å². The molecule has 1 N–H and O–H groups in total. The summed E-state index contributed by atoms with van der Waals surface area (Å²) >= 11 is 0. The summed E-state index contributed by atoms with van der Waals surface area (Å²) in [6.45, 7) is 6.55. The molecule has 1 aromatic carbocycles. The number of anilines is 1. The highest BCUT2D eigenvalue weighted by Gasteiger charge is 2.29. The molecule has 2 aliphatic heterocycles. The molecule has 1 saturated heterocycles. The van der Waals surface area contributed by atoms with E-state index in [1.54, 1.807) is 6.92 Å². The molecular weight excluding hydrogens is 312 g/mol. The van der Waals surface area contributed by atoms with Gasteiger partial charge < -0.3 is 10.2 Å². The maximum Gasteiger partial charge on any atom is 0.216 e. The molecule has 0 bridgehead atoms. The third kappa shape index (κ3) is 3.33. The Morgan fingerprint density at radius 2 is 2.24 bits per heavy atom. The molecule has 132 valence electrons. The lowest BCUT2D eigenvalue weighted by molar-refractivity contribution is -0.119. The highest BCUT2D eigenvalue weighted by atomic mass is 16.1. The van der Waals surface area contributed by atoms with Crippen molar-refractivity contribution in [1.82, 2.24) is 15.2 Å². The van der Waals surface area contributed by atoms with Gasteiger partial charge in [-0.25, -0.2) is 0 Å². The van der Waals surface area contributed by atoms with Gasteiger partial charge in [-0.15, -0.1) is 0 Å². The van der Waals surface area contributed by atoms with Gasteiger partial charge in [0.05, 0.1) is 0 Å². The number of carbonyl (C=O) groups excluding carboxylic acids is 1. The number of hydrogen-bond donors (Lipinski definition) is 1. The van der Waals surface area contributed by atoms with Gasteiger partial charge >= 0.3 is 0 Å². The van der Waals surface area contributed by atoms with Crippen molar-refractivity contribution in [2.75, 3.05) is 37.6 Å². The van der Waals surface area contributed by atoms with Crippen molar-refractivity contribution in [3.8, 4) is 0 Å². The average molecular weight is 338 g/mol. The fourth-order valence-corrected chi connectivity index (χ4v) is 4.34. The van der Waals surface area contributed by atoms with Crippen LogP contribution in [0.25, 0.3) is 10.8 Å². The minimum absolute atomic E-state index is 0.0569. The molecule has 3 heterocycles. The van der Waals surface area contributed by atoms with Crippen molar-refractivity contribution in [2.45, 2.75) is 32.2 Å². The van der Waals surface area contributed by atoms with E-state index in [1.807, 2.05) is 12.4 Å². The first kappa shape index (κ1) is 16.3. The van der Waals surface area contributed by atoms with Crippen molar-refractivity contribution < 1.29 is 4.79 Å². The van der Waals surface area contributed by atoms with E-state index in [1.165, 1.54) is 34.9 Å². The predicted molar refractivity (Wildman–Crippen MR) is 101 cm³/mol. The van der Waals surface area contributed by atoms with E-state index in [9.17, 15) is 4.79 Å². The number of nitrogens with one attached hydrogen (secondary N) is 1. The van der Waals surface area contributed by atoms with Gasteiger partial charge in [-0.05, 0) is 37.4 Å². The van der Waals surface area contributed by atoms with Crippen LogP contribution >= 0.6 is 0 Å². The maximum atomic E-state index is 11.1. The van der Waals surface area contributed by atoms with Gasteiger partial charge in [0.15, 0.2) is 0 Å².